The summed E-state index contributed by atoms with van der Waals surface area (Å²) < 4.78 is 11.9. The standard InChI is InChI=1S/C34H43N5O4/c1-3-43-34-28(33(42-2)35-32(36-34)26-14-15-26)22-37-20-27-21-38(30(41)16-19-40)17-18-39(27)29(23-37)31(24-10-6-4-7-11-24)25-12-8-5-9-13-25/h4-13,26-27,29,31,40H,3,14-23H2,1-2H3/t27-,29+/m1/s1. The topological polar surface area (TPSA) is 91.3 Å². The van der Waals surface area contributed by atoms with E-state index in [4.69, 9.17) is 19.4 Å². The molecule has 2 aliphatic heterocycles. The van der Waals surface area contributed by atoms with Crippen molar-refractivity contribution in [3.63, 3.8) is 0 Å². The first-order valence-electron chi connectivity index (χ1n) is 15.6. The first-order chi connectivity index (χ1) is 21.1. The van der Waals surface area contributed by atoms with E-state index in [2.05, 4.69) is 70.5 Å². The second-order valence-corrected chi connectivity index (χ2v) is 11.8. The van der Waals surface area contributed by atoms with Gasteiger partial charge in [0.1, 0.15) is 5.82 Å². The molecule has 2 atom stereocenters. The molecular formula is C34H43N5O4. The smallest absolute Gasteiger partial charge is 0.225 e. The van der Waals surface area contributed by atoms with E-state index in [1.54, 1.807) is 7.11 Å². The molecule has 3 fully saturated rings. The van der Waals surface area contributed by atoms with E-state index in [-0.39, 0.29) is 36.9 Å². The molecule has 0 bridgehead atoms. The first kappa shape index (κ1) is 29.5. The van der Waals surface area contributed by atoms with Gasteiger partial charge in [-0.1, -0.05) is 60.7 Å². The summed E-state index contributed by atoms with van der Waals surface area (Å²) in [4.78, 5) is 29.6. The Kier molecular flexibility index (Phi) is 9.21. The van der Waals surface area contributed by atoms with Crippen molar-refractivity contribution in [3.8, 4) is 11.8 Å². The SMILES string of the molecule is CCOc1nc(C2CC2)nc(OC)c1CN1C[C@@H]2CN(C(=O)CCO)CCN2[C@H](C(c2ccccc2)c2ccccc2)C1. The van der Waals surface area contributed by atoms with E-state index >= 15 is 0 Å². The fourth-order valence-corrected chi connectivity index (χ4v) is 6.84. The zero-order chi connectivity index (χ0) is 29.8. The summed E-state index contributed by atoms with van der Waals surface area (Å²) in [6.45, 7) is 6.67. The number of nitrogens with zero attached hydrogens (tertiary/aromatic N) is 5. The summed E-state index contributed by atoms with van der Waals surface area (Å²) in [6, 6.07) is 21.8. The number of carbonyl (C=O) groups is 1. The zero-order valence-corrected chi connectivity index (χ0v) is 25.3. The maximum absolute atomic E-state index is 12.9. The van der Waals surface area contributed by atoms with Crippen LogP contribution < -0.4 is 9.47 Å². The van der Waals surface area contributed by atoms with Gasteiger partial charge in [0.05, 0.1) is 25.9 Å². The van der Waals surface area contributed by atoms with Crippen molar-refractivity contribution in [2.45, 2.75) is 56.7 Å². The Morgan fingerprint density at radius 2 is 1.63 bits per heavy atom. The molecule has 2 aromatic carbocycles. The number of ether oxygens (including phenoxy) is 2. The van der Waals surface area contributed by atoms with Crippen LogP contribution in [0.15, 0.2) is 60.7 Å². The number of methoxy groups -OCH3 is 1. The van der Waals surface area contributed by atoms with E-state index < -0.39 is 0 Å². The van der Waals surface area contributed by atoms with Gasteiger partial charge in [0.15, 0.2) is 0 Å². The van der Waals surface area contributed by atoms with Gasteiger partial charge in [0.2, 0.25) is 17.7 Å². The lowest BCUT2D eigenvalue weighted by atomic mass is 9.81. The number of hydrogen-bond acceptors (Lipinski definition) is 8. The molecule has 43 heavy (non-hydrogen) atoms. The number of aliphatic hydroxyl groups excluding tert-OH is 1. The minimum atomic E-state index is -0.126. The number of benzene rings is 2. The second-order valence-electron chi connectivity index (χ2n) is 11.8. The predicted octanol–water partition coefficient (Wildman–Crippen LogP) is 3.67. The first-order valence-corrected chi connectivity index (χ1v) is 15.6. The minimum Gasteiger partial charge on any atom is -0.481 e. The molecule has 0 spiro atoms. The number of amides is 1. The lowest BCUT2D eigenvalue weighted by molar-refractivity contribution is -0.137. The number of piperazine rings is 2. The highest BCUT2D eigenvalue weighted by atomic mass is 16.5. The predicted molar refractivity (Wildman–Crippen MR) is 164 cm³/mol. The summed E-state index contributed by atoms with van der Waals surface area (Å²) >= 11 is 0. The molecule has 3 heterocycles. The van der Waals surface area contributed by atoms with Gasteiger partial charge in [-0.3, -0.25) is 14.6 Å². The average Bonchev–Trinajstić information content (AvgIpc) is 3.89. The van der Waals surface area contributed by atoms with Crippen LogP contribution in [0, 0.1) is 0 Å². The van der Waals surface area contributed by atoms with Crippen LogP contribution in [0.3, 0.4) is 0 Å². The highest BCUT2D eigenvalue weighted by molar-refractivity contribution is 5.76. The molecule has 0 unspecified atom stereocenters. The molecule has 9 nitrogen and oxygen atoms in total. The molecule has 1 N–H and O–H groups in total. The van der Waals surface area contributed by atoms with Gasteiger partial charge in [-0.25, -0.2) is 0 Å². The number of hydrogen-bond donors (Lipinski definition) is 1. The lowest BCUT2D eigenvalue weighted by Crippen LogP contribution is -2.67. The third kappa shape index (κ3) is 6.54. The van der Waals surface area contributed by atoms with Crippen molar-refractivity contribution in [1.82, 2.24) is 24.7 Å². The van der Waals surface area contributed by atoms with Gasteiger partial charge in [-0.15, -0.1) is 0 Å². The molecular weight excluding hydrogens is 542 g/mol. The van der Waals surface area contributed by atoms with Crippen LogP contribution in [-0.2, 0) is 11.3 Å². The second kappa shape index (κ2) is 13.4. The lowest BCUT2D eigenvalue weighted by Gasteiger charge is -2.53. The van der Waals surface area contributed by atoms with Gasteiger partial charge in [0, 0.05) is 69.6 Å². The third-order valence-corrected chi connectivity index (χ3v) is 9.00. The van der Waals surface area contributed by atoms with Crippen molar-refractivity contribution in [2.75, 3.05) is 53.0 Å². The highest BCUT2D eigenvalue weighted by Gasteiger charge is 2.43. The van der Waals surface area contributed by atoms with Crippen LogP contribution in [0.5, 0.6) is 11.8 Å². The van der Waals surface area contributed by atoms with E-state index in [1.165, 1.54) is 11.1 Å². The van der Waals surface area contributed by atoms with Gasteiger partial charge >= 0.3 is 0 Å². The van der Waals surface area contributed by atoms with Crippen molar-refractivity contribution in [1.29, 1.82) is 0 Å². The van der Waals surface area contributed by atoms with Gasteiger partial charge < -0.3 is 19.5 Å². The molecule has 3 aliphatic rings. The average molecular weight is 586 g/mol. The van der Waals surface area contributed by atoms with Crippen LogP contribution >= 0.6 is 0 Å². The van der Waals surface area contributed by atoms with Crippen LogP contribution in [-0.4, -0.2) is 101 Å². The van der Waals surface area contributed by atoms with E-state index in [0.29, 0.717) is 43.9 Å². The van der Waals surface area contributed by atoms with Gasteiger partial charge in [-0.2, -0.15) is 9.97 Å². The van der Waals surface area contributed by atoms with Crippen molar-refractivity contribution >= 4 is 5.91 Å². The number of rotatable bonds is 11. The van der Waals surface area contributed by atoms with Crippen LogP contribution in [0.4, 0.5) is 0 Å². The third-order valence-electron chi connectivity index (χ3n) is 9.00. The number of aliphatic hydroxyl groups is 1. The number of carbonyl (C=O) groups excluding carboxylic acids is 1. The Morgan fingerprint density at radius 1 is 0.953 bits per heavy atom. The molecule has 1 aromatic heterocycles. The molecule has 228 valence electrons. The summed E-state index contributed by atoms with van der Waals surface area (Å²) in [5.41, 5.74) is 3.44. The van der Waals surface area contributed by atoms with Crippen LogP contribution in [0.1, 0.15) is 60.5 Å². The molecule has 1 aliphatic carbocycles. The normalized spacial score (nSPS) is 21.1. The summed E-state index contributed by atoms with van der Waals surface area (Å²) in [6.07, 6.45) is 2.37. The van der Waals surface area contributed by atoms with E-state index in [1.807, 2.05) is 11.8 Å². The van der Waals surface area contributed by atoms with Gasteiger partial charge in [0.25, 0.3) is 0 Å². The quantitative estimate of drug-likeness (QED) is 0.365. The van der Waals surface area contributed by atoms with Crippen molar-refractivity contribution in [2.24, 2.45) is 0 Å². The molecule has 6 rings (SSSR count). The Hall–Kier alpha value is -3.53. The Bertz CT molecular complexity index is 1330. The Morgan fingerprint density at radius 3 is 2.23 bits per heavy atom. The molecule has 1 saturated carbocycles. The summed E-state index contributed by atoms with van der Waals surface area (Å²) in [5, 5.41) is 9.45. The maximum atomic E-state index is 12.9. The largest absolute Gasteiger partial charge is 0.481 e. The molecule has 0 radical (unpaired) electrons. The van der Waals surface area contributed by atoms with E-state index in [9.17, 15) is 9.90 Å². The zero-order valence-electron chi connectivity index (χ0n) is 25.3. The molecule has 1 amide bonds. The van der Waals surface area contributed by atoms with Crippen molar-refractivity contribution in [3.05, 3.63) is 83.2 Å². The molecule has 3 aromatic rings. The molecule has 9 heteroatoms. The Balaban J connectivity index is 1.37. The number of fused-ring (bicyclic) bond motifs is 1. The fraction of sp³-hybridized carbons (Fsp3) is 0.500. The fourth-order valence-electron chi connectivity index (χ4n) is 6.84. The van der Waals surface area contributed by atoms with Crippen LogP contribution in [0.25, 0.3) is 0 Å². The van der Waals surface area contributed by atoms with Crippen LogP contribution in [0.2, 0.25) is 0 Å². The maximum Gasteiger partial charge on any atom is 0.225 e. The van der Waals surface area contributed by atoms with Crippen molar-refractivity contribution < 1.29 is 19.4 Å². The monoisotopic (exact) mass is 585 g/mol. The molecule has 2 saturated heterocycles. The Labute approximate surface area is 254 Å². The highest BCUT2D eigenvalue weighted by Crippen LogP contribution is 2.41. The number of aromatic nitrogens is 2. The van der Waals surface area contributed by atoms with E-state index in [0.717, 1.165) is 43.9 Å². The minimum absolute atomic E-state index is 0.0165. The summed E-state index contributed by atoms with van der Waals surface area (Å²) in [7, 11) is 1.67. The van der Waals surface area contributed by atoms with Gasteiger partial charge in [-0.05, 0) is 30.9 Å². The summed E-state index contributed by atoms with van der Waals surface area (Å²) in [5.74, 6) is 2.56.